The van der Waals surface area contributed by atoms with E-state index in [1.165, 1.54) is 59.1 Å². The van der Waals surface area contributed by atoms with E-state index in [0.29, 0.717) is 27.2 Å². The number of anilines is 1. The van der Waals surface area contributed by atoms with Crippen LogP contribution in [0.25, 0.3) is 38.4 Å². The quantitative estimate of drug-likeness (QED) is 0.235. The minimum Gasteiger partial charge on any atom is -0.458 e. The third-order valence-electron chi connectivity index (χ3n) is 7.25. The number of nitrogens with one attached hydrogen (secondary N) is 1. The molecule has 214 valence electrons. The van der Waals surface area contributed by atoms with E-state index >= 15 is 0 Å². The first-order valence-corrected chi connectivity index (χ1v) is 13.9. The van der Waals surface area contributed by atoms with Crippen LogP contribution in [0.1, 0.15) is 24.3 Å². The molecule has 13 heteroatoms. The number of nitrogens with zero attached hydrogens (tertiary/aromatic N) is 5. The highest BCUT2D eigenvalue weighted by atomic mass is 32.1. The average Bonchev–Trinajstić information content (AvgIpc) is 3.61. The molecule has 0 spiro atoms. The Balaban J connectivity index is 1.34. The number of benzene rings is 3. The van der Waals surface area contributed by atoms with E-state index in [2.05, 4.69) is 20.6 Å². The van der Waals surface area contributed by atoms with Crippen molar-refractivity contribution in [3.05, 3.63) is 118 Å². The van der Waals surface area contributed by atoms with Gasteiger partial charge in [0.2, 0.25) is 10.6 Å². The highest BCUT2D eigenvalue weighted by Gasteiger charge is 2.37. The molecule has 0 bridgehead atoms. The molecule has 1 unspecified atom stereocenters. The minimum atomic E-state index is -0.726. The van der Waals surface area contributed by atoms with Crippen molar-refractivity contribution in [3.8, 4) is 21.7 Å². The molecule has 1 atom stereocenters. The van der Waals surface area contributed by atoms with Crippen LogP contribution in [0.4, 0.5) is 13.9 Å². The predicted octanol–water partition coefficient (Wildman–Crippen LogP) is 5.15. The summed E-state index contributed by atoms with van der Waals surface area (Å²) in [7, 11) is 0. The van der Waals surface area contributed by atoms with Crippen LogP contribution in [0, 0.1) is 11.6 Å². The number of halogens is 2. The van der Waals surface area contributed by atoms with Crippen molar-refractivity contribution in [1.29, 1.82) is 0 Å². The van der Waals surface area contributed by atoms with Gasteiger partial charge in [-0.2, -0.15) is 0 Å². The maximum Gasteiger partial charge on any atom is 0.203 e. The molecule has 0 fully saturated rings. The van der Waals surface area contributed by atoms with Gasteiger partial charge in [0.1, 0.15) is 57.1 Å². The Hall–Kier alpha value is -5.40. The van der Waals surface area contributed by atoms with Crippen LogP contribution in [0.5, 0.6) is 0 Å². The number of nitrogens with two attached hydrogens (primary N) is 2. The van der Waals surface area contributed by atoms with Crippen molar-refractivity contribution in [3.63, 3.8) is 0 Å². The molecule has 4 heterocycles. The van der Waals surface area contributed by atoms with Crippen molar-refractivity contribution < 1.29 is 13.2 Å². The second kappa shape index (κ2) is 10.2. The van der Waals surface area contributed by atoms with Gasteiger partial charge in [-0.25, -0.2) is 19.6 Å². The molecule has 0 amide bonds. The summed E-state index contributed by atoms with van der Waals surface area (Å²) in [5.41, 5.74) is 12.5. The van der Waals surface area contributed by atoms with Gasteiger partial charge < -0.3 is 10.2 Å². The molecule has 2 aliphatic rings. The maximum atomic E-state index is 14.9. The lowest BCUT2D eigenvalue weighted by Gasteiger charge is -2.30. The maximum absolute atomic E-state index is 14.9. The lowest BCUT2D eigenvalue weighted by atomic mass is 9.98. The van der Waals surface area contributed by atoms with E-state index < -0.39 is 23.1 Å². The Labute approximate surface area is 246 Å². The van der Waals surface area contributed by atoms with Gasteiger partial charge in [0.15, 0.2) is 0 Å². The molecule has 10 nitrogen and oxygen atoms in total. The van der Waals surface area contributed by atoms with E-state index in [-0.39, 0.29) is 27.9 Å². The van der Waals surface area contributed by atoms with Gasteiger partial charge in [-0.05, 0) is 36.8 Å². The Morgan fingerprint density at radius 1 is 1.00 bits per heavy atom. The van der Waals surface area contributed by atoms with Gasteiger partial charge in [-0.15, -0.1) is 10.2 Å². The van der Waals surface area contributed by atoms with E-state index in [1.807, 2.05) is 31.2 Å². The van der Waals surface area contributed by atoms with E-state index in [4.69, 9.17) is 16.0 Å². The first-order chi connectivity index (χ1) is 20.8. The van der Waals surface area contributed by atoms with Crippen molar-refractivity contribution in [2.24, 2.45) is 10.8 Å². The summed E-state index contributed by atoms with van der Waals surface area (Å²) in [4.78, 5) is 18.1. The number of hydrazine groups is 2. The van der Waals surface area contributed by atoms with Crippen LogP contribution in [-0.2, 0) is 0 Å². The summed E-state index contributed by atoms with van der Waals surface area (Å²) in [5, 5.41) is 12.0. The first-order valence-electron chi connectivity index (χ1n) is 13.1. The molecule has 0 saturated carbocycles. The molecule has 5 aromatic rings. The Bertz CT molecular complexity index is 2070. The second-order valence-corrected chi connectivity index (χ2v) is 10.9. The number of aliphatic imine (C=N–C) groups is 1. The first kappa shape index (κ1) is 26.5. The molecule has 2 aliphatic heterocycles. The second-order valence-electron chi connectivity index (χ2n) is 9.88. The molecular weight excluding hydrogens is 574 g/mol. The number of fused-ring (bicyclic) bond motifs is 2. The lowest BCUT2D eigenvalue weighted by Crippen LogP contribution is -2.36. The third kappa shape index (κ3) is 4.42. The Morgan fingerprint density at radius 2 is 1.77 bits per heavy atom. The van der Waals surface area contributed by atoms with Gasteiger partial charge in [0, 0.05) is 11.1 Å². The van der Waals surface area contributed by atoms with Crippen LogP contribution < -0.4 is 22.4 Å². The Kier molecular flexibility index (Phi) is 6.25. The van der Waals surface area contributed by atoms with Crippen LogP contribution in [-0.4, -0.2) is 26.6 Å². The standard InChI is InChI=1S/C30H22F2N8O2S/c1-15(28-23(18-4-2-5-19(31)12-18)27(41)24-20(32)6-3-7-22(24)42-28)40-21-13-35-14-39(34)26(21)25(38-40)16-8-10-17(11-9-16)29-36-37-30(33)43-29/h2-15,38H,34H2,1H3,(H2,33,37). The molecule has 7 rings (SSSR count). The zero-order valence-corrected chi connectivity index (χ0v) is 23.3. The summed E-state index contributed by atoms with van der Waals surface area (Å²) in [6, 6.07) is 16.7. The number of aromatic nitrogens is 2. The summed E-state index contributed by atoms with van der Waals surface area (Å²) in [5.74, 6) is 5.29. The topological polar surface area (TPSA) is 139 Å². The van der Waals surface area contributed by atoms with Crippen molar-refractivity contribution in [1.82, 2.24) is 25.6 Å². The fourth-order valence-corrected chi connectivity index (χ4v) is 5.89. The molecule has 2 aromatic heterocycles. The van der Waals surface area contributed by atoms with Crippen molar-refractivity contribution in [2.45, 2.75) is 13.0 Å². The summed E-state index contributed by atoms with van der Waals surface area (Å²) < 4.78 is 35.5. The molecule has 43 heavy (non-hydrogen) atoms. The zero-order chi connectivity index (χ0) is 29.8. The molecule has 0 radical (unpaired) electrons. The highest BCUT2D eigenvalue weighted by Crippen LogP contribution is 2.41. The SMILES string of the molecule is CC(c1oc2cccc(F)c2c(=O)c1-c1cccc(F)c1)N1NC(c2ccc(-c3nnc(N)s3)cc2)=C2C1=CN=CN2N. The smallest absolute Gasteiger partial charge is 0.203 e. The van der Waals surface area contributed by atoms with Crippen molar-refractivity contribution >= 4 is 39.5 Å². The van der Waals surface area contributed by atoms with Gasteiger partial charge in [-0.1, -0.05) is 53.8 Å². The van der Waals surface area contributed by atoms with Gasteiger partial charge in [0.05, 0.1) is 17.5 Å². The molecular formula is C30H22F2N8O2S. The fraction of sp³-hybridized carbons (Fsp3) is 0.0667. The lowest BCUT2D eigenvalue weighted by molar-refractivity contribution is 0.215. The monoisotopic (exact) mass is 596 g/mol. The molecule has 0 aliphatic carbocycles. The summed E-state index contributed by atoms with van der Waals surface area (Å²) in [6.07, 6.45) is 3.11. The third-order valence-corrected chi connectivity index (χ3v) is 8.06. The highest BCUT2D eigenvalue weighted by molar-refractivity contribution is 7.18. The van der Waals surface area contributed by atoms with Crippen LogP contribution in [0.2, 0.25) is 0 Å². The fourth-order valence-electron chi connectivity index (χ4n) is 5.28. The van der Waals surface area contributed by atoms with Gasteiger partial charge in [0.25, 0.3) is 0 Å². The predicted molar refractivity (Wildman–Crippen MR) is 161 cm³/mol. The normalized spacial score (nSPS) is 15.1. The number of hydrogen-bond acceptors (Lipinski definition) is 11. The minimum absolute atomic E-state index is 0.0478. The number of nitrogen functional groups attached to an aromatic ring is 1. The van der Waals surface area contributed by atoms with Gasteiger partial charge >= 0.3 is 0 Å². The average molecular weight is 597 g/mol. The molecule has 0 saturated heterocycles. The van der Waals surface area contributed by atoms with Crippen LogP contribution >= 0.6 is 11.3 Å². The van der Waals surface area contributed by atoms with Crippen LogP contribution in [0.15, 0.2) is 98.5 Å². The van der Waals surface area contributed by atoms with Gasteiger partial charge in [-0.3, -0.25) is 20.2 Å². The zero-order valence-electron chi connectivity index (χ0n) is 22.5. The van der Waals surface area contributed by atoms with E-state index in [1.54, 1.807) is 17.3 Å². The number of hydrogen-bond donors (Lipinski definition) is 3. The molecule has 5 N–H and O–H groups in total. The summed E-state index contributed by atoms with van der Waals surface area (Å²) >= 11 is 1.28. The van der Waals surface area contributed by atoms with E-state index in [0.717, 1.165) is 11.1 Å². The summed E-state index contributed by atoms with van der Waals surface area (Å²) in [6.45, 7) is 1.81. The van der Waals surface area contributed by atoms with Crippen molar-refractivity contribution in [2.75, 3.05) is 5.73 Å². The number of rotatable bonds is 5. The largest absolute Gasteiger partial charge is 0.458 e. The Morgan fingerprint density at radius 3 is 2.51 bits per heavy atom. The van der Waals surface area contributed by atoms with E-state index in [9.17, 15) is 13.6 Å². The molecule has 3 aromatic carbocycles. The van der Waals surface area contributed by atoms with Crippen LogP contribution in [0.3, 0.4) is 0 Å².